The highest BCUT2D eigenvalue weighted by Gasteiger charge is 1.99. The number of nitrogens with one attached hydrogen (secondary N) is 1. The van der Waals surface area contributed by atoms with E-state index in [-0.39, 0.29) is 0 Å². The Morgan fingerprint density at radius 2 is 2.22 bits per heavy atom. The highest BCUT2D eigenvalue weighted by molar-refractivity contribution is 9.10. The monoisotopic (exact) mass is 327 g/mol. The Labute approximate surface area is 120 Å². The van der Waals surface area contributed by atoms with Crippen LogP contribution in [0.1, 0.15) is 11.1 Å². The number of halogens is 2. The van der Waals surface area contributed by atoms with Gasteiger partial charge in [-0.15, -0.1) is 0 Å². The largest absolute Gasteiger partial charge is 0.312 e. The molecular weight excluding hydrogens is 314 g/mol. The summed E-state index contributed by atoms with van der Waals surface area (Å²) in [4.78, 5) is 0. The van der Waals surface area contributed by atoms with Crippen LogP contribution in [-0.4, -0.2) is 16.3 Å². The molecule has 1 N–H and O–H groups in total. The van der Waals surface area contributed by atoms with Gasteiger partial charge in [-0.3, -0.25) is 4.68 Å². The first-order chi connectivity index (χ1) is 8.65. The predicted octanol–water partition coefficient (Wildman–Crippen LogP) is 3.17. The lowest BCUT2D eigenvalue weighted by Gasteiger charge is -2.05. The molecule has 0 amide bonds. The first-order valence-electron chi connectivity index (χ1n) is 5.77. The molecule has 2 aromatic rings. The van der Waals surface area contributed by atoms with Crippen LogP contribution in [0.4, 0.5) is 0 Å². The van der Waals surface area contributed by atoms with Gasteiger partial charge in [-0.2, -0.15) is 5.10 Å². The van der Waals surface area contributed by atoms with Crippen molar-refractivity contribution < 1.29 is 0 Å². The Hall–Kier alpha value is -0.840. The Balaban J connectivity index is 1.76. The van der Waals surface area contributed by atoms with Gasteiger partial charge in [-0.05, 0) is 52.2 Å². The zero-order valence-corrected chi connectivity index (χ0v) is 12.5. The van der Waals surface area contributed by atoms with Gasteiger partial charge in [0.15, 0.2) is 0 Å². The van der Waals surface area contributed by atoms with Crippen molar-refractivity contribution in [2.75, 3.05) is 6.54 Å². The van der Waals surface area contributed by atoms with Gasteiger partial charge >= 0.3 is 0 Å². The van der Waals surface area contributed by atoms with Crippen molar-refractivity contribution in [3.63, 3.8) is 0 Å². The van der Waals surface area contributed by atoms with Gasteiger partial charge < -0.3 is 5.32 Å². The second-order valence-corrected chi connectivity index (χ2v) is 5.46. The summed E-state index contributed by atoms with van der Waals surface area (Å²) >= 11 is 9.42. The molecule has 96 valence electrons. The quantitative estimate of drug-likeness (QED) is 0.854. The van der Waals surface area contributed by atoms with Crippen LogP contribution in [0, 0.1) is 0 Å². The predicted molar refractivity (Wildman–Crippen MR) is 77.8 cm³/mol. The summed E-state index contributed by atoms with van der Waals surface area (Å²) in [6, 6.07) is 6.01. The van der Waals surface area contributed by atoms with Gasteiger partial charge in [-0.25, -0.2) is 0 Å². The number of hydrogen-bond donors (Lipinski definition) is 1. The summed E-state index contributed by atoms with van der Waals surface area (Å²) in [5.41, 5.74) is 2.44. The third kappa shape index (κ3) is 3.83. The molecule has 0 fully saturated rings. The summed E-state index contributed by atoms with van der Waals surface area (Å²) in [6.45, 7) is 1.76. The summed E-state index contributed by atoms with van der Waals surface area (Å²) in [7, 11) is 1.93. The van der Waals surface area contributed by atoms with E-state index in [1.165, 1.54) is 11.1 Å². The van der Waals surface area contributed by atoms with E-state index in [1.807, 2.05) is 36.3 Å². The molecule has 0 unspecified atom stereocenters. The van der Waals surface area contributed by atoms with E-state index < -0.39 is 0 Å². The van der Waals surface area contributed by atoms with Gasteiger partial charge in [0, 0.05) is 24.3 Å². The Kier molecular flexibility index (Phi) is 4.80. The molecule has 0 atom stereocenters. The van der Waals surface area contributed by atoms with Gasteiger partial charge in [0.25, 0.3) is 0 Å². The number of hydrogen-bond acceptors (Lipinski definition) is 2. The molecule has 0 aliphatic heterocycles. The van der Waals surface area contributed by atoms with Crippen LogP contribution >= 0.6 is 27.5 Å². The molecule has 0 radical (unpaired) electrons. The van der Waals surface area contributed by atoms with Crippen LogP contribution in [0.2, 0.25) is 5.02 Å². The van der Waals surface area contributed by atoms with E-state index in [9.17, 15) is 0 Å². The summed E-state index contributed by atoms with van der Waals surface area (Å²) < 4.78 is 2.76. The maximum Gasteiger partial charge on any atom is 0.0551 e. The van der Waals surface area contributed by atoms with Crippen molar-refractivity contribution in [3.05, 3.63) is 51.2 Å². The molecule has 1 heterocycles. The summed E-state index contributed by atoms with van der Waals surface area (Å²) in [5.74, 6) is 0. The highest BCUT2D eigenvalue weighted by Crippen LogP contribution is 2.22. The van der Waals surface area contributed by atoms with Crippen molar-refractivity contribution in [2.45, 2.75) is 13.0 Å². The fraction of sp³-hybridized carbons (Fsp3) is 0.308. The average Bonchev–Trinajstić information content (AvgIpc) is 2.75. The van der Waals surface area contributed by atoms with E-state index in [2.05, 4.69) is 32.4 Å². The molecular formula is C13H15BrClN3. The first kappa shape index (κ1) is 13.6. The second-order valence-electron chi connectivity index (χ2n) is 4.20. The van der Waals surface area contributed by atoms with Crippen LogP contribution in [0.3, 0.4) is 0 Å². The smallest absolute Gasteiger partial charge is 0.0551 e. The second kappa shape index (κ2) is 6.36. The molecule has 3 nitrogen and oxygen atoms in total. The molecule has 0 spiro atoms. The number of benzene rings is 1. The van der Waals surface area contributed by atoms with E-state index in [4.69, 9.17) is 11.6 Å². The van der Waals surface area contributed by atoms with Crippen molar-refractivity contribution in [2.24, 2.45) is 7.05 Å². The topological polar surface area (TPSA) is 29.9 Å². The number of rotatable bonds is 5. The zero-order valence-electron chi connectivity index (χ0n) is 10.2. The minimum Gasteiger partial charge on any atom is -0.312 e. The lowest BCUT2D eigenvalue weighted by atomic mass is 10.2. The maximum absolute atomic E-state index is 6.04. The molecule has 2 rings (SSSR count). The van der Waals surface area contributed by atoms with Gasteiger partial charge in [0.1, 0.15) is 0 Å². The molecule has 0 aliphatic carbocycles. The van der Waals surface area contributed by atoms with Crippen LogP contribution in [-0.2, 0) is 20.0 Å². The van der Waals surface area contributed by atoms with Crippen LogP contribution < -0.4 is 5.32 Å². The molecule has 18 heavy (non-hydrogen) atoms. The number of aryl methyl sites for hydroxylation is 1. The average molecular weight is 329 g/mol. The van der Waals surface area contributed by atoms with Crippen LogP contribution in [0.25, 0.3) is 0 Å². The molecule has 1 aromatic heterocycles. The van der Waals surface area contributed by atoms with E-state index >= 15 is 0 Å². The third-order valence-corrected chi connectivity index (χ3v) is 3.89. The molecule has 0 bridgehead atoms. The Morgan fingerprint density at radius 1 is 1.39 bits per heavy atom. The highest BCUT2D eigenvalue weighted by atomic mass is 79.9. The van der Waals surface area contributed by atoms with Gasteiger partial charge in [0.2, 0.25) is 0 Å². The van der Waals surface area contributed by atoms with E-state index in [0.717, 1.165) is 29.0 Å². The van der Waals surface area contributed by atoms with Crippen molar-refractivity contribution >= 4 is 27.5 Å². The van der Waals surface area contributed by atoms with Crippen molar-refractivity contribution in [1.82, 2.24) is 15.1 Å². The van der Waals surface area contributed by atoms with Crippen LogP contribution in [0.15, 0.2) is 35.1 Å². The van der Waals surface area contributed by atoms with Crippen LogP contribution in [0.5, 0.6) is 0 Å². The third-order valence-electron chi connectivity index (χ3n) is 2.66. The number of aromatic nitrogens is 2. The van der Waals surface area contributed by atoms with Gasteiger partial charge in [-0.1, -0.05) is 17.7 Å². The molecule has 1 aromatic carbocycles. The van der Waals surface area contributed by atoms with E-state index in [0.29, 0.717) is 0 Å². The van der Waals surface area contributed by atoms with Crippen molar-refractivity contribution in [3.8, 4) is 0 Å². The Bertz CT molecular complexity index is 525. The zero-order chi connectivity index (χ0) is 13.0. The molecule has 0 saturated heterocycles. The van der Waals surface area contributed by atoms with Crippen molar-refractivity contribution in [1.29, 1.82) is 0 Å². The summed E-state index contributed by atoms with van der Waals surface area (Å²) in [6.07, 6.45) is 4.93. The number of nitrogens with zero attached hydrogens (tertiary/aromatic N) is 2. The molecule has 0 aliphatic rings. The first-order valence-corrected chi connectivity index (χ1v) is 6.94. The molecule has 5 heteroatoms. The minimum atomic E-state index is 0.751. The summed E-state index contributed by atoms with van der Waals surface area (Å²) in [5, 5.41) is 8.29. The maximum atomic E-state index is 6.04. The molecule has 0 saturated carbocycles. The standard InChI is InChI=1S/C13H15BrClN3/c1-18-9-11(8-17-18)4-5-16-7-10-2-3-12(14)13(15)6-10/h2-3,6,8-9,16H,4-5,7H2,1H3. The lowest BCUT2D eigenvalue weighted by molar-refractivity contribution is 0.686. The SMILES string of the molecule is Cn1cc(CCNCc2ccc(Br)c(Cl)c2)cn1. The fourth-order valence-corrected chi connectivity index (χ4v) is 2.17. The van der Waals surface area contributed by atoms with E-state index in [1.54, 1.807) is 0 Å². The Morgan fingerprint density at radius 3 is 2.89 bits per heavy atom. The fourth-order valence-electron chi connectivity index (χ4n) is 1.72. The van der Waals surface area contributed by atoms with Gasteiger partial charge in [0.05, 0.1) is 11.2 Å². The lowest BCUT2D eigenvalue weighted by Crippen LogP contribution is -2.16. The normalized spacial score (nSPS) is 10.8. The minimum absolute atomic E-state index is 0.751.